The van der Waals surface area contributed by atoms with Crippen molar-refractivity contribution in [3.63, 3.8) is 0 Å². The van der Waals surface area contributed by atoms with E-state index in [-0.39, 0.29) is 5.54 Å². The summed E-state index contributed by atoms with van der Waals surface area (Å²) in [6.07, 6.45) is 3.92. The lowest BCUT2D eigenvalue weighted by atomic mass is 9.63. The van der Waals surface area contributed by atoms with Gasteiger partial charge in [-0.05, 0) is 37.6 Å². The minimum atomic E-state index is 0.275. The standard InChI is InChI=1S/C15H31N3/c1-13-11-14(2,3)5-6-15(13,12-16)18-9-7-17(4)8-10-18/h13H,5-12,16H2,1-4H3. The Hall–Kier alpha value is -0.120. The van der Waals surface area contributed by atoms with Gasteiger partial charge < -0.3 is 10.6 Å². The Labute approximate surface area is 113 Å². The van der Waals surface area contributed by atoms with E-state index in [1.165, 1.54) is 45.4 Å². The zero-order chi connectivity index (χ0) is 13.4. The lowest BCUT2D eigenvalue weighted by molar-refractivity contribution is -0.0418. The zero-order valence-corrected chi connectivity index (χ0v) is 12.7. The van der Waals surface area contributed by atoms with Gasteiger partial charge in [0.2, 0.25) is 0 Å². The summed E-state index contributed by atoms with van der Waals surface area (Å²) in [5, 5.41) is 0. The second-order valence-electron chi connectivity index (χ2n) is 7.37. The Bertz CT molecular complexity index is 281. The van der Waals surface area contributed by atoms with E-state index < -0.39 is 0 Å². The Balaban J connectivity index is 2.11. The maximum absolute atomic E-state index is 6.23. The van der Waals surface area contributed by atoms with Gasteiger partial charge in [0, 0.05) is 38.3 Å². The minimum absolute atomic E-state index is 0.275. The summed E-state index contributed by atoms with van der Waals surface area (Å²) in [6, 6.07) is 0. The smallest absolute Gasteiger partial charge is 0.0358 e. The second-order valence-corrected chi connectivity index (χ2v) is 7.37. The average molecular weight is 253 g/mol. The number of hydrogen-bond acceptors (Lipinski definition) is 3. The quantitative estimate of drug-likeness (QED) is 0.814. The number of rotatable bonds is 2. The van der Waals surface area contributed by atoms with E-state index in [0.717, 1.165) is 12.5 Å². The van der Waals surface area contributed by atoms with Crippen molar-refractivity contribution in [3.05, 3.63) is 0 Å². The molecular weight excluding hydrogens is 222 g/mol. The van der Waals surface area contributed by atoms with Gasteiger partial charge in [-0.3, -0.25) is 4.90 Å². The van der Waals surface area contributed by atoms with Crippen molar-refractivity contribution in [1.29, 1.82) is 0 Å². The van der Waals surface area contributed by atoms with Crippen LogP contribution in [0.4, 0.5) is 0 Å². The van der Waals surface area contributed by atoms with E-state index in [4.69, 9.17) is 5.73 Å². The first-order chi connectivity index (χ1) is 8.39. The molecule has 0 bridgehead atoms. The summed E-state index contributed by atoms with van der Waals surface area (Å²) in [6.45, 7) is 12.8. The maximum atomic E-state index is 6.23. The monoisotopic (exact) mass is 253 g/mol. The van der Waals surface area contributed by atoms with Gasteiger partial charge in [0.1, 0.15) is 0 Å². The number of nitrogens with zero attached hydrogens (tertiary/aromatic N) is 2. The third-order valence-corrected chi connectivity index (χ3v) is 5.50. The van der Waals surface area contributed by atoms with E-state index >= 15 is 0 Å². The molecule has 3 heteroatoms. The molecule has 0 aromatic heterocycles. The molecule has 1 saturated heterocycles. The molecule has 2 atom stereocenters. The second kappa shape index (κ2) is 5.10. The molecule has 2 rings (SSSR count). The molecule has 0 spiro atoms. The lowest BCUT2D eigenvalue weighted by Gasteiger charge is -2.55. The highest BCUT2D eigenvalue weighted by Crippen LogP contribution is 2.46. The van der Waals surface area contributed by atoms with Crippen molar-refractivity contribution < 1.29 is 0 Å². The fourth-order valence-electron chi connectivity index (χ4n) is 4.08. The molecule has 0 aromatic carbocycles. The van der Waals surface area contributed by atoms with Crippen LogP contribution in [0.15, 0.2) is 0 Å². The van der Waals surface area contributed by atoms with Gasteiger partial charge in [-0.1, -0.05) is 20.8 Å². The van der Waals surface area contributed by atoms with E-state index in [1.807, 2.05) is 0 Å². The van der Waals surface area contributed by atoms with Crippen LogP contribution in [0.2, 0.25) is 0 Å². The van der Waals surface area contributed by atoms with Gasteiger partial charge in [0.05, 0.1) is 0 Å². The van der Waals surface area contributed by atoms with Crippen molar-refractivity contribution in [2.45, 2.75) is 45.6 Å². The van der Waals surface area contributed by atoms with Crippen LogP contribution in [-0.2, 0) is 0 Å². The highest BCUT2D eigenvalue weighted by Gasteiger charge is 2.46. The van der Waals surface area contributed by atoms with Crippen molar-refractivity contribution in [2.24, 2.45) is 17.1 Å². The molecular formula is C15H31N3. The molecule has 2 aliphatic rings. The van der Waals surface area contributed by atoms with E-state index in [1.54, 1.807) is 0 Å². The fraction of sp³-hybridized carbons (Fsp3) is 1.00. The fourth-order valence-corrected chi connectivity index (χ4v) is 4.08. The van der Waals surface area contributed by atoms with Crippen molar-refractivity contribution >= 4 is 0 Å². The van der Waals surface area contributed by atoms with Crippen LogP contribution in [0.1, 0.15) is 40.0 Å². The van der Waals surface area contributed by atoms with Crippen molar-refractivity contribution in [1.82, 2.24) is 9.80 Å². The lowest BCUT2D eigenvalue weighted by Crippen LogP contribution is -2.64. The molecule has 0 radical (unpaired) electrons. The zero-order valence-electron chi connectivity index (χ0n) is 12.7. The number of likely N-dealkylation sites (N-methyl/N-ethyl adjacent to an activating group) is 1. The Morgan fingerprint density at radius 3 is 2.22 bits per heavy atom. The van der Waals surface area contributed by atoms with Crippen LogP contribution in [-0.4, -0.2) is 55.1 Å². The molecule has 18 heavy (non-hydrogen) atoms. The van der Waals surface area contributed by atoms with Gasteiger partial charge in [-0.25, -0.2) is 0 Å². The summed E-state index contributed by atoms with van der Waals surface area (Å²) in [7, 11) is 2.22. The predicted octanol–water partition coefficient (Wildman–Crippen LogP) is 1.78. The first kappa shape index (κ1) is 14.3. The third-order valence-electron chi connectivity index (χ3n) is 5.50. The normalized spacial score (nSPS) is 38.8. The van der Waals surface area contributed by atoms with Crippen LogP contribution in [0.3, 0.4) is 0 Å². The first-order valence-corrected chi connectivity index (χ1v) is 7.53. The van der Waals surface area contributed by atoms with Crippen LogP contribution in [0.25, 0.3) is 0 Å². The summed E-state index contributed by atoms with van der Waals surface area (Å²) in [5.74, 6) is 0.717. The highest BCUT2D eigenvalue weighted by molar-refractivity contribution is 5.02. The molecule has 1 saturated carbocycles. The SMILES string of the molecule is CC1CC(C)(C)CCC1(CN)N1CCN(C)CC1. The van der Waals surface area contributed by atoms with Crippen molar-refractivity contribution in [3.8, 4) is 0 Å². The predicted molar refractivity (Wildman–Crippen MR) is 77.7 cm³/mol. The average Bonchev–Trinajstić information content (AvgIpc) is 2.31. The molecule has 0 aromatic rings. The highest BCUT2D eigenvalue weighted by atomic mass is 15.3. The molecule has 2 fully saturated rings. The summed E-state index contributed by atoms with van der Waals surface area (Å²) >= 11 is 0. The van der Waals surface area contributed by atoms with Gasteiger partial charge in [-0.15, -0.1) is 0 Å². The van der Waals surface area contributed by atoms with E-state index in [2.05, 4.69) is 37.6 Å². The Morgan fingerprint density at radius 2 is 1.72 bits per heavy atom. The molecule has 1 aliphatic carbocycles. The summed E-state index contributed by atoms with van der Waals surface area (Å²) < 4.78 is 0. The van der Waals surface area contributed by atoms with E-state index in [9.17, 15) is 0 Å². The molecule has 2 unspecified atom stereocenters. The van der Waals surface area contributed by atoms with Crippen LogP contribution >= 0.6 is 0 Å². The summed E-state index contributed by atoms with van der Waals surface area (Å²) in [5.41, 5.74) is 7.01. The number of piperazine rings is 1. The summed E-state index contributed by atoms with van der Waals surface area (Å²) in [4.78, 5) is 5.13. The Morgan fingerprint density at radius 1 is 1.11 bits per heavy atom. The van der Waals surface area contributed by atoms with E-state index in [0.29, 0.717) is 5.41 Å². The van der Waals surface area contributed by atoms with Gasteiger partial charge in [0.15, 0.2) is 0 Å². The molecule has 3 nitrogen and oxygen atoms in total. The van der Waals surface area contributed by atoms with Gasteiger partial charge >= 0.3 is 0 Å². The number of hydrogen-bond donors (Lipinski definition) is 1. The molecule has 1 heterocycles. The largest absolute Gasteiger partial charge is 0.329 e. The molecule has 0 amide bonds. The minimum Gasteiger partial charge on any atom is -0.329 e. The number of nitrogens with two attached hydrogens (primary N) is 1. The third kappa shape index (κ3) is 2.59. The topological polar surface area (TPSA) is 32.5 Å². The maximum Gasteiger partial charge on any atom is 0.0358 e. The van der Waals surface area contributed by atoms with Crippen LogP contribution in [0.5, 0.6) is 0 Å². The molecule has 2 N–H and O–H groups in total. The molecule has 106 valence electrons. The molecule has 1 aliphatic heterocycles. The van der Waals surface area contributed by atoms with Crippen LogP contribution in [0, 0.1) is 11.3 Å². The van der Waals surface area contributed by atoms with Crippen molar-refractivity contribution in [2.75, 3.05) is 39.8 Å². The first-order valence-electron chi connectivity index (χ1n) is 7.53. The van der Waals surface area contributed by atoms with Gasteiger partial charge in [0.25, 0.3) is 0 Å². The van der Waals surface area contributed by atoms with Gasteiger partial charge in [-0.2, -0.15) is 0 Å². The van der Waals surface area contributed by atoms with Crippen LogP contribution < -0.4 is 5.73 Å². The Kier molecular flexibility index (Phi) is 4.05.